The van der Waals surface area contributed by atoms with Crippen LogP contribution in [0.1, 0.15) is 5.56 Å². The lowest BCUT2D eigenvalue weighted by atomic mass is 10.1. The van der Waals surface area contributed by atoms with E-state index in [0.717, 1.165) is 0 Å². The molecule has 0 spiro atoms. The van der Waals surface area contributed by atoms with Crippen LogP contribution < -0.4 is 0 Å². The van der Waals surface area contributed by atoms with Crippen LogP contribution in [0.3, 0.4) is 0 Å². The van der Waals surface area contributed by atoms with Crippen molar-refractivity contribution in [3.8, 4) is 0 Å². The van der Waals surface area contributed by atoms with Gasteiger partial charge in [0.2, 0.25) is 0 Å². The lowest BCUT2D eigenvalue weighted by molar-refractivity contribution is 1.61. The van der Waals surface area contributed by atoms with Gasteiger partial charge in [0.25, 0.3) is 0 Å². The Morgan fingerprint density at radius 2 is 1.82 bits per heavy atom. The van der Waals surface area contributed by atoms with Gasteiger partial charge in [0.15, 0.2) is 0 Å². The summed E-state index contributed by atoms with van der Waals surface area (Å²) in [5.74, 6) is 0. The zero-order chi connectivity index (χ0) is 7.52. The maximum atomic E-state index is 3.15. The third kappa shape index (κ3) is 1.25. The Kier molecular flexibility index (Phi) is 1.60. The van der Waals surface area contributed by atoms with E-state index >= 15 is 0 Å². The first-order valence-electron chi connectivity index (χ1n) is 3.65. The molecule has 0 aromatic heterocycles. The number of allylic oxidation sites excluding steroid dienone is 4. The van der Waals surface area contributed by atoms with Crippen molar-refractivity contribution in [3.63, 3.8) is 0 Å². The Balaban J connectivity index is 2.31. The zero-order valence-corrected chi connectivity index (χ0v) is 6.12. The molecule has 0 bridgehead atoms. The highest BCUT2D eigenvalue weighted by molar-refractivity contribution is 5.77. The van der Waals surface area contributed by atoms with E-state index in [-0.39, 0.29) is 0 Å². The fourth-order valence-corrected chi connectivity index (χ4v) is 1.13. The van der Waals surface area contributed by atoms with Crippen molar-refractivity contribution in [2.75, 3.05) is 0 Å². The molecule has 1 aromatic carbocycles. The van der Waals surface area contributed by atoms with Crippen LogP contribution in [0.5, 0.6) is 0 Å². The van der Waals surface area contributed by atoms with Crippen LogP contribution in [-0.4, -0.2) is 0 Å². The van der Waals surface area contributed by atoms with E-state index < -0.39 is 0 Å². The van der Waals surface area contributed by atoms with E-state index in [2.05, 4.69) is 24.6 Å². The average Bonchev–Trinajstić information content (AvgIpc) is 2.58. The molecule has 1 aliphatic carbocycles. The third-order valence-corrected chi connectivity index (χ3v) is 1.68. The number of hydrogen-bond donors (Lipinski definition) is 0. The molecule has 1 aliphatic rings. The summed E-state index contributed by atoms with van der Waals surface area (Å²) < 4.78 is 0. The predicted octanol–water partition coefficient (Wildman–Crippen LogP) is 2.72. The second kappa shape index (κ2) is 2.75. The first-order valence-corrected chi connectivity index (χ1v) is 3.65. The molecule has 0 nitrogen and oxygen atoms in total. The van der Waals surface area contributed by atoms with E-state index in [4.69, 9.17) is 0 Å². The van der Waals surface area contributed by atoms with Gasteiger partial charge in [-0.1, -0.05) is 48.6 Å². The summed E-state index contributed by atoms with van der Waals surface area (Å²) in [7, 11) is 0. The Bertz CT molecular complexity index is 291. The molecule has 0 aliphatic heterocycles. The first-order chi connectivity index (χ1) is 5.47. The van der Waals surface area contributed by atoms with Gasteiger partial charge in [-0.05, 0) is 11.1 Å². The Morgan fingerprint density at radius 3 is 2.45 bits per heavy atom. The molecule has 11 heavy (non-hydrogen) atoms. The van der Waals surface area contributed by atoms with Crippen LogP contribution in [0.2, 0.25) is 0 Å². The Hall–Kier alpha value is -1.30. The van der Waals surface area contributed by atoms with Gasteiger partial charge in [-0.15, -0.1) is 0 Å². The van der Waals surface area contributed by atoms with Crippen molar-refractivity contribution in [2.45, 2.75) is 0 Å². The van der Waals surface area contributed by atoms with Gasteiger partial charge in [-0.3, -0.25) is 0 Å². The van der Waals surface area contributed by atoms with Crippen LogP contribution in [0.4, 0.5) is 0 Å². The Morgan fingerprint density at radius 1 is 1.00 bits per heavy atom. The smallest absolute Gasteiger partial charge is 0.0429 e. The molecule has 2 rings (SSSR count). The van der Waals surface area contributed by atoms with Crippen molar-refractivity contribution in [1.29, 1.82) is 0 Å². The highest BCUT2D eigenvalue weighted by Crippen LogP contribution is 2.21. The molecule has 2 radical (unpaired) electrons. The highest BCUT2D eigenvalue weighted by Gasteiger charge is 2.01. The molecule has 0 saturated carbocycles. The van der Waals surface area contributed by atoms with E-state index in [1.807, 2.05) is 30.4 Å². The third-order valence-electron chi connectivity index (χ3n) is 1.68. The van der Waals surface area contributed by atoms with Gasteiger partial charge in [0.1, 0.15) is 0 Å². The fourth-order valence-electron chi connectivity index (χ4n) is 1.13. The van der Waals surface area contributed by atoms with Crippen molar-refractivity contribution < 1.29 is 0 Å². The summed E-state index contributed by atoms with van der Waals surface area (Å²) in [5.41, 5.74) is 2.41. The second-order valence-corrected chi connectivity index (χ2v) is 2.45. The monoisotopic (exact) mass is 140 g/mol. The maximum absolute atomic E-state index is 3.15. The molecule has 0 unspecified atom stereocenters. The van der Waals surface area contributed by atoms with Crippen LogP contribution in [-0.2, 0) is 0 Å². The van der Waals surface area contributed by atoms with Gasteiger partial charge >= 0.3 is 0 Å². The minimum Gasteiger partial charge on any atom is -0.0714 e. The first kappa shape index (κ1) is 6.41. The van der Waals surface area contributed by atoms with Crippen molar-refractivity contribution in [3.05, 3.63) is 60.5 Å². The van der Waals surface area contributed by atoms with Crippen molar-refractivity contribution in [2.24, 2.45) is 0 Å². The molecular weight excluding hydrogens is 132 g/mol. The quantitative estimate of drug-likeness (QED) is 0.562. The molecule has 1 aromatic rings. The number of rotatable bonds is 1. The summed E-state index contributed by atoms with van der Waals surface area (Å²) in [6.07, 6.45) is 9.15. The molecule has 0 amide bonds. The van der Waals surface area contributed by atoms with Gasteiger partial charge in [-0.2, -0.15) is 0 Å². The lowest BCUT2D eigenvalue weighted by Crippen LogP contribution is -1.78. The number of hydrogen-bond acceptors (Lipinski definition) is 0. The largest absolute Gasteiger partial charge is 0.0714 e. The fraction of sp³-hybridized carbons (Fsp3) is 0. The summed E-state index contributed by atoms with van der Waals surface area (Å²) in [4.78, 5) is 0. The molecule has 0 fully saturated rings. The topological polar surface area (TPSA) is 0 Å². The van der Waals surface area contributed by atoms with Crippen molar-refractivity contribution >= 4 is 5.57 Å². The second-order valence-electron chi connectivity index (χ2n) is 2.45. The normalized spacial score (nSPS) is 15.1. The van der Waals surface area contributed by atoms with Gasteiger partial charge in [-0.25, -0.2) is 0 Å². The maximum Gasteiger partial charge on any atom is 0.0429 e. The van der Waals surface area contributed by atoms with Crippen LogP contribution in [0.15, 0.2) is 48.6 Å². The molecule has 0 heterocycles. The van der Waals surface area contributed by atoms with Gasteiger partial charge in [0.05, 0.1) is 0 Å². The predicted molar refractivity (Wildman–Crippen MR) is 46.8 cm³/mol. The van der Waals surface area contributed by atoms with Gasteiger partial charge < -0.3 is 0 Å². The van der Waals surface area contributed by atoms with E-state index in [1.165, 1.54) is 11.1 Å². The summed E-state index contributed by atoms with van der Waals surface area (Å²) >= 11 is 0. The van der Waals surface area contributed by atoms with Crippen LogP contribution >= 0.6 is 0 Å². The minimum absolute atomic E-state index is 1.17. The number of benzene rings is 1. The van der Waals surface area contributed by atoms with Crippen LogP contribution in [0, 0.1) is 6.42 Å². The standard InChI is InChI=1S/C11H8/c1-2-6-10(7-3-1)11-8-4-5-9-11/h1-8H. The van der Waals surface area contributed by atoms with Crippen molar-refractivity contribution in [1.82, 2.24) is 0 Å². The molecular formula is C11H8. The van der Waals surface area contributed by atoms with E-state index in [0.29, 0.717) is 0 Å². The minimum atomic E-state index is 1.17. The SMILES string of the molecule is [C]1C=CC=C1c1ccccc1. The van der Waals surface area contributed by atoms with Crippen LogP contribution in [0.25, 0.3) is 5.57 Å². The zero-order valence-electron chi connectivity index (χ0n) is 6.12. The molecule has 52 valence electrons. The summed E-state index contributed by atoms with van der Waals surface area (Å²) in [6, 6.07) is 10.3. The molecule has 0 saturated heterocycles. The summed E-state index contributed by atoms with van der Waals surface area (Å²) in [6.45, 7) is 0. The molecule has 0 heteroatoms. The molecule has 0 N–H and O–H groups in total. The Labute approximate surface area is 66.9 Å². The molecule has 0 atom stereocenters. The lowest BCUT2D eigenvalue weighted by Gasteiger charge is -1.98. The van der Waals surface area contributed by atoms with E-state index in [9.17, 15) is 0 Å². The summed E-state index contributed by atoms with van der Waals surface area (Å²) in [5, 5.41) is 0. The van der Waals surface area contributed by atoms with Gasteiger partial charge in [0, 0.05) is 6.42 Å². The van der Waals surface area contributed by atoms with E-state index in [1.54, 1.807) is 0 Å². The average molecular weight is 140 g/mol. The highest BCUT2D eigenvalue weighted by atomic mass is 14.0.